The van der Waals surface area contributed by atoms with Gasteiger partial charge >= 0.3 is 0 Å². The second-order valence-electron chi connectivity index (χ2n) is 3.45. The summed E-state index contributed by atoms with van der Waals surface area (Å²) in [6, 6.07) is 9.69. The van der Waals surface area contributed by atoms with E-state index >= 15 is 0 Å². The maximum absolute atomic E-state index is 11.2. The molecule has 0 saturated heterocycles. The van der Waals surface area contributed by atoms with Crippen molar-refractivity contribution in [3.8, 4) is 0 Å². The van der Waals surface area contributed by atoms with Gasteiger partial charge in [-0.15, -0.1) is 0 Å². The van der Waals surface area contributed by atoms with Gasteiger partial charge in [-0.1, -0.05) is 37.3 Å². The van der Waals surface area contributed by atoms with Crippen LogP contribution in [0.25, 0.3) is 0 Å². The average molecular weight is 240 g/mol. The average Bonchev–Trinajstić information content (AvgIpc) is 2.24. The quantitative estimate of drug-likeness (QED) is 0.493. The first-order chi connectivity index (χ1) is 7.54. The lowest BCUT2D eigenvalue weighted by molar-refractivity contribution is 0.610. The Balaban J connectivity index is 2.60. The van der Waals surface area contributed by atoms with Crippen LogP contribution in [0.2, 0.25) is 0 Å². The summed E-state index contributed by atoms with van der Waals surface area (Å²) in [5.74, 6) is 0. The van der Waals surface area contributed by atoms with Crippen LogP contribution < -0.4 is 5.43 Å². The Morgan fingerprint density at radius 3 is 2.44 bits per heavy atom. The zero-order chi connectivity index (χ0) is 12.0. The molecule has 0 aliphatic carbocycles. The minimum atomic E-state index is -3.18. The fraction of sp³-hybridized carbons (Fsp3) is 0.364. The van der Waals surface area contributed by atoms with Gasteiger partial charge in [-0.3, -0.25) is 0 Å². The van der Waals surface area contributed by atoms with E-state index in [1.54, 1.807) is 6.92 Å². The molecule has 0 aromatic heterocycles. The molecule has 88 valence electrons. The summed E-state index contributed by atoms with van der Waals surface area (Å²) in [6.07, 6.45) is 1.57. The van der Waals surface area contributed by atoms with Gasteiger partial charge in [-0.05, 0) is 12.0 Å². The Morgan fingerprint density at radius 1 is 1.31 bits per heavy atom. The molecule has 16 heavy (non-hydrogen) atoms. The lowest BCUT2D eigenvalue weighted by Crippen LogP contribution is -2.17. The molecule has 0 spiro atoms. The first-order valence-corrected chi connectivity index (χ1v) is 6.96. The topological polar surface area (TPSA) is 58.5 Å². The number of rotatable bonds is 4. The Labute approximate surface area is 96.3 Å². The third-order valence-electron chi connectivity index (χ3n) is 2.06. The molecule has 0 heterocycles. The monoisotopic (exact) mass is 240 g/mol. The predicted molar refractivity (Wildman–Crippen MR) is 65.9 cm³/mol. The van der Waals surface area contributed by atoms with Crippen LogP contribution in [0.5, 0.6) is 0 Å². The van der Waals surface area contributed by atoms with Gasteiger partial charge in [0.05, 0.1) is 6.54 Å². The molecule has 0 unspecified atom stereocenters. The largest absolute Gasteiger partial charge is 0.305 e. The number of nitrogens with zero attached hydrogens (tertiary/aromatic N) is 1. The molecule has 1 aromatic carbocycles. The van der Waals surface area contributed by atoms with Gasteiger partial charge in [0.25, 0.3) is 0 Å². The molecule has 1 aromatic rings. The molecule has 0 radical (unpaired) electrons. The van der Waals surface area contributed by atoms with Gasteiger partial charge in [0, 0.05) is 6.26 Å². The highest BCUT2D eigenvalue weighted by molar-refractivity contribution is 8.05. The van der Waals surface area contributed by atoms with Crippen LogP contribution in [-0.2, 0) is 16.4 Å². The summed E-state index contributed by atoms with van der Waals surface area (Å²) < 4.78 is 22.5. The molecule has 0 atom stereocenters. The Morgan fingerprint density at radius 2 is 1.94 bits per heavy atom. The van der Waals surface area contributed by atoms with Crippen LogP contribution in [0.4, 0.5) is 0 Å². The molecule has 0 fully saturated rings. The highest BCUT2D eigenvalue weighted by Crippen LogP contribution is 1.98. The fourth-order valence-corrected chi connectivity index (χ4v) is 1.99. The van der Waals surface area contributed by atoms with Crippen molar-refractivity contribution in [2.45, 2.75) is 19.9 Å². The van der Waals surface area contributed by atoms with Crippen molar-refractivity contribution in [3.63, 3.8) is 0 Å². The zero-order valence-electron chi connectivity index (χ0n) is 9.47. The molecule has 0 bridgehead atoms. The third kappa shape index (κ3) is 4.02. The van der Waals surface area contributed by atoms with Crippen molar-refractivity contribution in [1.29, 1.82) is 0 Å². The van der Waals surface area contributed by atoms with Crippen LogP contribution >= 0.6 is 0 Å². The number of benzene rings is 1. The normalized spacial score (nSPS) is 12.5. The summed E-state index contributed by atoms with van der Waals surface area (Å²) >= 11 is 0. The van der Waals surface area contributed by atoms with Gasteiger partial charge in [0.1, 0.15) is 0 Å². The predicted octanol–water partition coefficient (Wildman–Crippen LogP) is 1.54. The standard InChI is InChI=1S/C11H16N2O2S/c1-3-11(16(2,14)15)13-12-9-10-7-5-4-6-8-10/h4-8,12H,3,9H2,1-2H3. The first kappa shape index (κ1) is 12.7. The van der Waals surface area contributed by atoms with Crippen LogP contribution in [0, 0.1) is 0 Å². The second-order valence-corrected chi connectivity index (χ2v) is 5.47. The Hall–Kier alpha value is -1.36. The SMILES string of the molecule is CCC(=NNCc1ccccc1)S(C)(=O)=O. The van der Waals surface area contributed by atoms with E-state index in [4.69, 9.17) is 0 Å². The lowest BCUT2D eigenvalue weighted by Gasteiger charge is -2.03. The van der Waals surface area contributed by atoms with Crippen molar-refractivity contribution in [3.05, 3.63) is 35.9 Å². The van der Waals surface area contributed by atoms with Crippen LogP contribution in [0.1, 0.15) is 18.9 Å². The van der Waals surface area contributed by atoms with E-state index in [1.165, 1.54) is 6.26 Å². The van der Waals surface area contributed by atoms with Crippen molar-refractivity contribution < 1.29 is 8.42 Å². The Kier molecular flexibility index (Phi) is 4.49. The van der Waals surface area contributed by atoms with Crippen molar-refractivity contribution in [2.75, 3.05) is 6.26 Å². The molecular formula is C11H16N2O2S. The second kappa shape index (κ2) is 5.65. The van der Waals surface area contributed by atoms with E-state index < -0.39 is 9.84 Å². The van der Waals surface area contributed by atoms with Gasteiger partial charge in [0.15, 0.2) is 14.9 Å². The van der Waals surface area contributed by atoms with E-state index in [1.807, 2.05) is 30.3 Å². The maximum atomic E-state index is 11.2. The third-order valence-corrected chi connectivity index (χ3v) is 3.30. The van der Waals surface area contributed by atoms with Crippen LogP contribution in [0.15, 0.2) is 35.4 Å². The van der Waals surface area contributed by atoms with Gasteiger partial charge < -0.3 is 5.43 Å². The first-order valence-electron chi connectivity index (χ1n) is 5.07. The maximum Gasteiger partial charge on any atom is 0.190 e. The van der Waals surface area contributed by atoms with Crippen molar-refractivity contribution in [2.24, 2.45) is 5.10 Å². The van der Waals surface area contributed by atoms with Gasteiger partial charge in [-0.25, -0.2) is 8.42 Å². The van der Waals surface area contributed by atoms with Gasteiger partial charge in [-0.2, -0.15) is 5.10 Å². The van der Waals surface area contributed by atoms with Crippen molar-refractivity contribution in [1.82, 2.24) is 5.43 Å². The molecule has 5 heteroatoms. The highest BCUT2D eigenvalue weighted by Gasteiger charge is 2.10. The van der Waals surface area contributed by atoms with E-state index in [0.29, 0.717) is 13.0 Å². The molecule has 4 nitrogen and oxygen atoms in total. The molecule has 0 aliphatic rings. The zero-order valence-corrected chi connectivity index (χ0v) is 10.3. The smallest absolute Gasteiger partial charge is 0.190 e. The van der Waals surface area contributed by atoms with Gasteiger partial charge in [0.2, 0.25) is 0 Å². The summed E-state index contributed by atoms with van der Waals surface area (Å²) in [5.41, 5.74) is 3.83. The number of hydrogen-bond acceptors (Lipinski definition) is 4. The molecule has 0 amide bonds. The molecule has 1 rings (SSSR count). The highest BCUT2D eigenvalue weighted by atomic mass is 32.2. The summed E-state index contributed by atoms with van der Waals surface area (Å²) in [6.45, 7) is 2.30. The minimum absolute atomic E-state index is 0.184. The van der Waals surface area contributed by atoms with Crippen molar-refractivity contribution >= 4 is 14.9 Å². The van der Waals surface area contributed by atoms with E-state index in [-0.39, 0.29) is 5.04 Å². The van der Waals surface area contributed by atoms with E-state index in [9.17, 15) is 8.42 Å². The molecule has 0 aliphatic heterocycles. The molecular weight excluding hydrogens is 224 g/mol. The number of nitrogens with one attached hydrogen (secondary N) is 1. The molecule has 0 saturated carbocycles. The summed E-state index contributed by atoms with van der Waals surface area (Å²) in [7, 11) is -3.18. The summed E-state index contributed by atoms with van der Waals surface area (Å²) in [4.78, 5) is 0. The van der Waals surface area contributed by atoms with Crippen LogP contribution in [0.3, 0.4) is 0 Å². The Bertz CT molecular complexity index is 452. The number of hydrazone groups is 1. The van der Waals surface area contributed by atoms with Crippen LogP contribution in [-0.4, -0.2) is 19.7 Å². The van der Waals surface area contributed by atoms with E-state index in [0.717, 1.165) is 5.56 Å². The number of sulfone groups is 1. The summed E-state index contributed by atoms with van der Waals surface area (Å²) in [5, 5.41) is 4.07. The van der Waals surface area contributed by atoms with E-state index in [2.05, 4.69) is 10.5 Å². The minimum Gasteiger partial charge on any atom is -0.305 e. The number of hydrogen-bond donors (Lipinski definition) is 1. The fourth-order valence-electron chi connectivity index (χ4n) is 1.24. The molecule has 1 N–H and O–H groups in total. The lowest BCUT2D eigenvalue weighted by atomic mass is 10.2.